The lowest BCUT2D eigenvalue weighted by Gasteiger charge is -2.19. The van der Waals surface area contributed by atoms with E-state index in [9.17, 15) is 4.79 Å². The summed E-state index contributed by atoms with van der Waals surface area (Å²) >= 11 is 4.05. The van der Waals surface area contributed by atoms with E-state index in [0.717, 1.165) is 5.75 Å². The van der Waals surface area contributed by atoms with Crippen molar-refractivity contribution in [3.63, 3.8) is 0 Å². The molecular formula is C18H23NO3S. The normalized spacial score (nSPS) is 11.3. The molecule has 0 saturated heterocycles. The molecule has 124 valence electrons. The second-order valence-electron chi connectivity index (χ2n) is 6.31. The van der Waals surface area contributed by atoms with E-state index in [1.54, 1.807) is 12.1 Å². The van der Waals surface area contributed by atoms with Crippen molar-refractivity contribution >= 4 is 18.5 Å². The summed E-state index contributed by atoms with van der Waals surface area (Å²) in [5, 5.41) is 2.71. The summed E-state index contributed by atoms with van der Waals surface area (Å²) < 4.78 is 11.2. The van der Waals surface area contributed by atoms with Crippen LogP contribution in [0.15, 0.2) is 40.8 Å². The Bertz CT molecular complexity index is 641. The molecule has 4 nitrogen and oxygen atoms in total. The van der Waals surface area contributed by atoms with Gasteiger partial charge in [0.25, 0.3) is 5.91 Å². The van der Waals surface area contributed by atoms with Crippen LogP contribution in [-0.4, -0.2) is 18.2 Å². The zero-order valence-electron chi connectivity index (χ0n) is 13.8. The minimum absolute atomic E-state index is 0.120. The summed E-state index contributed by atoms with van der Waals surface area (Å²) in [4.78, 5) is 11.7. The van der Waals surface area contributed by atoms with Crippen LogP contribution in [0, 0.1) is 0 Å². The molecule has 5 heteroatoms. The van der Waals surface area contributed by atoms with Crippen LogP contribution in [0.1, 0.15) is 42.6 Å². The van der Waals surface area contributed by atoms with Crippen LogP contribution in [-0.2, 0) is 12.0 Å². The van der Waals surface area contributed by atoms with Crippen molar-refractivity contribution in [3.8, 4) is 5.75 Å². The third-order valence-corrected chi connectivity index (χ3v) is 3.61. The number of rotatable bonds is 6. The van der Waals surface area contributed by atoms with Gasteiger partial charge in [0.05, 0.1) is 0 Å². The summed E-state index contributed by atoms with van der Waals surface area (Å²) in [5.74, 6) is 2.03. The number of furan rings is 1. The molecule has 1 aromatic carbocycles. The van der Waals surface area contributed by atoms with Gasteiger partial charge in [-0.15, -0.1) is 0 Å². The monoisotopic (exact) mass is 333 g/mol. The van der Waals surface area contributed by atoms with E-state index in [-0.39, 0.29) is 23.7 Å². The molecule has 1 heterocycles. The Morgan fingerprint density at radius 2 is 1.87 bits per heavy atom. The van der Waals surface area contributed by atoms with Crippen molar-refractivity contribution in [1.82, 2.24) is 5.32 Å². The Morgan fingerprint density at radius 1 is 1.17 bits per heavy atom. The Hall–Kier alpha value is -1.88. The van der Waals surface area contributed by atoms with Crippen LogP contribution < -0.4 is 10.1 Å². The van der Waals surface area contributed by atoms with E-state index in [4.69, 9.17) is 9.15 Å². The number of carbonyl (C=O) groups is 1. The van der Waals surface area contributed by atoms with Crippen molar-refractivity contribution in [2.75, 3.05) is 12.3 Å². The van der Waals surface area contributed by atoms with Gasteiger partial charge in [0.15, 0.2) is 5.76 Å². The fraction of sp³-hybridized carbons (Fsp3) is 0.389. The van der Waals surface area contributed by atoms with Gasteiger partial charge in [-0.25, -0.2) is 0 Å². The summed E-state index contributed by atoms with van der Waals surface area (Å²) in [5.41, 5.74) is 1.38. The quantitative estimate of drug-likeness (QED) is 0.790. The summed E-state index contributed by atoms with van der Waals surface area (Å²) in [7, 11) is 0. The first-order valence-corrected chi connectivity index (χ1v) is 8.24. The minimum Gasteiger partial charge on any atom is -0.486 e. The molecule has 0 bridgehead atoms. The van der Waals surface area contributed by atoms with E-state index in [2.05, 4.69) is 50.8 Å². The minimum atomic E-state index is -0.236. The van der Waals surface area contributed by atoms with E-state index in [1.165, 1.54) is 5.56 Å². The predicted molar refractivity (Wildman–Crippen MR) is 94.4 cm³/mol. The van der Waals surface area contributed by atoms with Gasteiger partial charge >= 0.3 is 0 Å². The number of nitrogens with one attached hydrogen (secondary N) is 1. The van der Waals surface area contributed by atoms with Crippen LogP contribution in [0.5, 0.6) is 5.75 Å². The fourth-order valence-electron chi connectivity index (χ4n) is 2.04. The first kappa shape index (κ1) is 17.5. The molecule has 0 aliphatic heterocycles. The lowest BCUT2D eigenvalue weighted by molar-refractivity contribution is 0.0924. The highest BCUT2D eigenvalue weighted by atomic mass is 32.1. The van der Waals surface area contributed by atoms with Gasteiger partial charge in [-0.2, -0.15) is 12.6 Å². The van der Waals surface area contributed by atoms with Gasteiger partial charge in [0.1, 0.15) is 18.1 Å². The van der Waals surface area contributed by atoms with Crippen molar-refractivity contribution in [2.24, 2.45) is 0 Å². The zero-order chi connectivity index (χ0) is 16.9. The molecule has 23 heavy (non-hydrogen) atoms. The van der Waals surface area contributed by atoms with Crippen LogP contribution in [0.2, 0.25) is 0 Å². The van der Waals surface area contributed by atoms with Crippen LogP contribution in [0.25, 0.3) is 0 Å². The number of carbonyl (C=O) groups excluding carboxylic acids is 1. The van der Waals surface area contributed by atoms with Crippen molar-refractivity contribution < 1.29 is 13.9 Å². The topological polar surface area (TPSA) is 51.5 Å². The lowest BCUT2D eigenvalue weighted by Crippen LogP contribution is -2.24. The molecule has 0 saturated carbocycles. The van der Waals surface area contributed by atoms with E-state index in [0.29, 0.717) is 18.1 Å². The summed E-state index contributed by atoms with van der Waals surface area (Å²) in [6.45, 7) is 7.31. The molecule has 1 aromatic heterocycles. The lowest BCUT2D eigenvalue weighted by atomic mass is 9.87. The highest BCUT2D eigenvalue weighted by molar-refractivity contribution is 7.80. The second-order valence-corrected chi connectivity index (χ2v) is 6.76. The molecule has 0 aliphatic carbocycles. The summed E-state index contributed by atoms with van der Waals surface area (Å²) in [6, 6.07) is 11.4. The Kier molecular flexibility index (Phi) is 5.77. The maximum absolute atomic E-state index is 11.7. The number of thiol groups is 1. The average molecular weight is 333 g/mol. The van der Waals surface area contributed by atoms with E-state index < -0.39 is 0 Å². The largest absolute Gasteiger partial charge is 0.486 e. The molecule has 1 N–H and O–H groups in total. The number of benzene rings is 1. The standard InChI is InChI=1S/C18H23NO3S/c1-18(2,3)13-4-6-14(7-5-13)21-12-15-8-9-16(22-15)17(20)19-10-11-23/h4-9,23H,10-12H2,1-3H3,(H,19,20). The highest BCUT2D eigenvalue weighted by Gasteiger charge is 2.13. The SMILES string of the molecule is CC(C)(C)c1ccc(OCc2ccc(C(=O)NCCS)o2)cc1. The van der Waals surface area contributed by atoms with Crippen LogP contribution in [0.3, 0.4) is 0 Å². The third-order valence-electron chi connectivity index (χ3n) is 3.38. The highest BCUT2D eigenvalue weighted by Crippen LogP contribution is 2.24. The Morgan fingerprint density at radius 3 is 2.48 bits per heavy atom. The predicted octanol–water partition coefficient (Wildman–Crippen LogP) is 3.82. The van der Waals surface area contributed by atoms with Gasteiger partial charge in [-0.05, 0) is 35.2 Å². The zero-order valence-corrected chi connectivity index (χ0v) is 14.7. The Balaban J connectivity index is 1.91. The Labute approximate surface area is 142 Å². The molecule has 0 fully saturated rings. The van der Waals surface area contributed by atoms with Crippen LogP contribution >= 0.6 is 12.6 Å². The fourth-order valence-corrected chi connectivity index (χ4v) is 2.15. The second kappa shape index (κ2) is 7.59. The smallest absolute Gasteiger partial charge is 0.287 e. The number of amides is 1. The van der Waals surface area contributed by atoms with Crippen LogP contribution in [0.4, 0.5) is 0 Å². The molecule has 0 aliphatic rings. The van der Waals surface area contributed by atoms with Gasteiger partial charge in [0.2, 0.25) is 0 Å². The maximum atomic E-state index is 11.7. The van der Waals surface area contributed by atoms with Crippen molar-refractivity contribution in [3.05, 3.63) is 53.5 Å². The first-order chi connectivity index (χ1) is 10.9. The number of hydrogen-bond donors (Lipinski definition) is 2. The number of hydrogen-bond acceptors (Lipinski definition) is 4. The molecule has 0 radical (unpaired) electrons. The molecule has 0 spiro atoms. The van der Waals surface area contributed by atoms with E-state index in [1.807, 2.05) is 12.1 Å². The molecule has 1 amide bonds. The molecular weight excluding hydrogens is 310 g/mol. The van der Waals surface area contributed by atoms with Crippen molar-refractivity contribution in [2.45, 2.75) is 32.8 Å². The molecule has 0 atom stereocenters. The van der Waals surface area contributed by atoms with E-state index >= 15 is 0 Å². The molecule has 2 rings (SSSR count). The molecule has 2 aromatic rings. The van der Waals surface area contributed by atoms with Gasteiger partial charge in [0, 0.05) is 12.3 Å². The maximum Gasteiger partial charge on any atom is 0.287 e. The third kappa shape index (κ3) is 5.06. The van der Waals surface area contributed by atoms with Gasteiger partial charge < -0.3 is 14.5 Å². The number of ether oxygens (including phenoxy) is 1. The summed E-state index contributed by atoms with van der Waals surface area (Å²) in [6.07, 6.45) is 0. The van der Waals surface area contributed by atoms with Gasteiger partial charge in [-0.1, -0.05) is 32.9 Å². The van der Waals surface area contributed by atoms with Crippen molar-refractivity contribution in [1.29, 1.82) is 0 Å². The first-order valence-electron chi connectivity index (χ1n) is 7.61. The average Bonchev–Trinajstić information content (AvgIpc) is 2.99. The molecule has 0 unspecified atom stereocenters. The van der Waals surface area contributed by atoms with Gasteiger partial charge in [-0.3, -0.25) is 4.79 Å².